The molecular weight excluding hydrogens is 517 g/mol. The van der Waals surface area contributed by atoms with Gasteiger partial charge in [0.25, 0.3) is 5.91 Å². The Bertz CT molecular complexity index is 1650. The van der Waals surface area contributed by atoms with Crippen LogP contribution in [0.3, 0.4) is 0 Å². The lowest BCUT2D eigenvalue weighted by molar-refractivity contribution is 0.102. The van der Waals surface area contributed by atoms with E-state index in [0.717, 1.165) is 59.8 Å². The molecule has 1 fully saturated rings. The predicted octanol–water partition coefficient (Wildman–Crippen LogP) is 5.66. The van der Waals surface area contributed by atoms with Crippen LogP contribution in [0.4, 0.5) is 27.7 Å². The Kier molecular flexibility index (Phi) is 7.40. The van der Waals surface area contributed by atoms with Crippen molar-refractivity contribution in [2.24, 2.45) is 0 Å². The monoisotopic (exact) mass is 547 g/mol. The second-order valence-corrected chi connectivity index (χ2v) is 10.1. The largest absolute Gasteiger partial charge is 0.365 e. The number of hydrogen-bond donors (Lipinski definition) is 2. The number of halogens is 1. The minimum Gasteiger partial charge on any atom is -0.365 e. The molecule has 9 heteroatoms. The summed E-state index contributed by atoms with van der Waals surface area (Å²) in [7, 11) is 0. The Morgan fingerprint density at radius 3 is 2.37 bits per heavy atom. The van der Waals surface area contributed by atoms with Gasteiger partial charge in [-0.3, -0.25) is 4.79 Å². The maximum atomic E-state index is 13.2. The zero-order valence-corrected chi connectivity index (χ0v) is 22.7. The Morgan fingerprint density at radius 1 is 0.878 bits per heavy atom. The molecule has 3 aromatic carbocycles. The molecule has 0 unspecified atom stereocenters. The molecule has 0 saturated carbocycles. The normalized spacial score (nSPS) is 13.3. The van der Waals surface area contributed by atoms with Crippen molar-refractivity contribution in [2.45, 2.75) is 13.5 Å². The average Bonchev–Trinajstić information content (AvgIpc) is 3.01. The van der Waals surface area contributed by atoms with Gasteiger partial charge in [0.05, 0.1) is 5.52 Å². The van der Waals surface area contributed by atoms with Crippen LogP contribution in [0.1, 0.15) is 21.5 Å². The van der Waals surface area contributed by atoms with Crippen molar-refractivity contribution in [3.05, 3.63) is 114 Å². The number of piperazine rings is 1. The molecule has 2 aromatic heterocycles. The quantitative estimate of drug-likeness (QED) is 0.272. The number of nitrogens with zero attached hydrogens (tertiary/aromatic N) is 5. The lowest BCUT2D eigenvalue weighted by Gasteiger charge is -2.35. The fourth-order valence-corrected chi connectivity index (χ4v) is 4.88. The fraction of sp³-hybridized carbons (Fsp3) is 0.188. The lowest BCUT2D eigenvalue weighted by Crippen LogP contribution is -2.47. The van der Waals surface area contributed by atoms with E-state index in [4.69, 9.17) is 9.97 Å². The number of anilines is 4. The summed E-state index contributed by atoms with van der Waals surface area (Å²) >= 11 is 0. The van der Waals surface area contributed by atoms with Gasteiger partial charge in [-0.2, -0.15) is 4.98 Å². The molecule has 1 amide bonds. The summed E-state index contributed by atoms with van der Waals surface area (Å²) in [4.78, 5) is 31.3. The third kappa shape index (κ3) is 6.09. The summed E-state index contributed by atoms with van der Waals surface area (Å²) in [6, 6.07) is 25.3. The first-order chi connectivity index (χ1) is 20.0. The summed E-state index contributed by atoms with van der Waals surface area (Å²) in [5, 5.41) is 7.33. The van der Waals surface area contributed by atoms with E-state index in [0.29, 0.717) is 23.7 Å². The molecule has 0 radical (unpaired) electrons. The molecule has 2 N–H and O–H groups in total. The summed E-state index contributed by atoms with van der Waals surface area (Å²) < 4.78 is 13.2. The van der Waals surface area contributed by atoms with Gasteiger partial charge in [-0.15, -0.1) is 0 Å². The van der Waals surface area contributed by atoms with Crippen LogP contribution in [0.25, 0.3) is 10.9 Å². The molecular formula is C32H30FN7O. The minimum atomic E-state index is -0.375. The highest BCUT2D eigenvalue weighted by atomic mass is 19.1. The van der Waals surface area contributed by atoms with Gasteiger partial charge >= 0.3 is 0 Å². The van der Waals surface area contributed by atoms with Crippen LogP contribution >= 0.6 is 0 Å². The van der Waals surface area contributed by atoms with Crippen LogP contribution in [0.2, 0.25) is 0 Å². The van der Waals surface area contributed by atoms with Gasteiger partial charge in [-0.25, -0.2) is 14.4 Å². The highest BCUT2D eigenvalue weighted by Crippen LogP contribution is 2.26. The average molecular weight is 548 g/mol. The van der Waals surface area contributed by atoms with Crippen molar-refractivity contribution in [1.82, 2.24) is 15.0 Å². The first-order valence-corrected chi connectivity index (χ1v) is 13.6. The number of pyridine rings is 1. The highest BCUT2D eigenvalue weighted by molar-refractivity contribution is 6.04. The number of fused-ring (bicyclic) bond motifs is 1. The number of benzene rings is 3. The number of carbonyl (C=O) groups is 1. The van der Waals surface area contributed by atoms with E-state index < -0.39 is 0 Å². The Hall–Kier alpha value is -5.05. The first kappa shape index (κ1) is 26.2. The molecule has 206 valence electrons. The van der Waals surface area contributed by atoms with E-state index in [1.807, 2.05) is 48.7 Å². The van der Waals surface area contributed by atoms with Gasteiger partial charge in [0.2, 0.25) is 5.95 Å². The van der Waals surface area contributed by atoms with Crippen LogP contribution in [0, 0.1) is 12.7 Å². The number of aryl methyl sites for hydroxylation is 1. The maximum absolute atomic E-state index is 13.2. The molecule has 3 heterocycles. The lowest BCUT2D eigenvalue weighted by atomic mass is 10.1. The molecule has 5 aromatic rings. The van der Waals surface area contributed by atoms with Crippen molar-refractivity contribution in [3.63, 3.8) is 0 Å². The molecule has 8 nitrogen and oxygen atoms in total. The van der Waals surface area contributed by atoms with Gasteiger partial charge < -0.3 is 20.4 Å². The van der Waals surface area contributed by atoms with E-state index in [1.54, 1.807) is 0 Å². The summed E-state index contributed by atoms with van der Waals surface area (Å²) in [5.41, 5.74) is 4.15. The van der Waals surface area contributed by atoms with Crippen LogP contribution in [-0.2, 0) is 6.54 Å². The van der Waals surface area contributed by atoms with Gasteiger partial charge in [0, 0.05) is 55.6 Å². The van der Waals surface area contributed by atoms with Crippen LogP contribution in [0.15, 0.2) is 91.1 Å². The topological polar surface area (TPSA) is 86.3 Å². The zero-order chi connectivity index (χ0) is 28.2. The van der Waals surface area contributed by atoms with Crippen molar-refractivity contribution in [3.8, 4) is 0 Å². The second kappa shape index (κ2) is 11.6. The van der Waals surface area contributed by atoms with Crippen LogP contribution in [-0.4, -0.2) is 47.0 Å². The molecule has 1 saturated heterocycles. The van der Waals surface area contributed by atoms with Crippen molar-refractivity contribution >= 4 is 40.1 Å². The Labute approximate surface area is 237 Å². The number of hydrogen-bond acceptors (Lipinski definition) is 7. The standard InChI is InChI=1S/C32H30FN7O/c1-22-5-14-27-28(20-22)37-32(40-18-16-39(17-19-40)29-4-2-3-15-34-29)38-30(27)35-21-23-6-12-26(13-7-23)36-31(41)24-8-10-25(33)11-9-24/h2-15,20H,16-19,21H2,1H3,(H,36,41)(H,35,37,38). The van der Waals surface area contributed by atoms with Crippen molar-refractivity contribution in [1.29, 1.82) is 0 Å². The maximum Gasteiger partial charge on any atom is 0.255 e. The Morgan fingerprint density at radius 2 is 1.63 bits per heavy atom. The van der Waals surface area contributed by atoms with Crippen LogP contribution < -0.4 is 20.4 Å². The number of amides is 1. The summed E-state index contributed by atoms with van der Waals surface area (Å²) in [5.74, 6) is 1.83. The Balaban J connectivity index is 1.15. The highest BCUT2D eigenvalue weighted by Gasteiger charge is 2.21. The first-order valence-electron chi connectivity index (χ1n) is 13.6. The minimum absolute atomic E-state index is 0.285. The van der Waals surface area contributed by atoms with Crippen LogP contribution in [0.5, 0.6) is 0 Å². The second-order valence-electron chi connectivity index (χ2n) is 10.1. The third-order valence-electron chi connectivity index (χ3n) is 7.15. The van der Waals surface area contributed by atoms with Crippen molar-refractivity contribution < 1.29 is 9.18 Å². The SMILES string of the molecule is Cc1ccc2c(NCc3ccc(NC(=O)c4ccc(F)cc4)cc3)nc(N3CCN(c4ccccn4)CC3)nc2c1. The van der Waals surface area contributed by atoms with E-state index >= 15 is 0 Å². The number of carbonyl (C=O) groups excluding carboxylic acids is 1. The van der Waals surface area contributed by atoms with Gasteiger partial charge in [0.15, 0.2) is 0 Å². The molecule has 1 aliphatic heterocycles. The summed E-state index contributed by atoms with van der Waals surface area (Å²) in [6.45, 7) is 5.92. The van der Waals surface area contributed by atoms with E-state index in [2.05, 4.69) is 50.5 Å². The predicted molar refractivity (Wildman–Crippen MR) is 161 cm³/mol. The molecule has 1 aliphatic rings. The number of aromatic nitrogens is 3. The molecule has 0 aliphatic carbocycles. The third-order valence-corrected chi connectivity index (χ3v) is 7.15. The van der Waals surface area contributed by atoms with Gasteiger partial charge in [-0.1, -0.05) is 24.3 Å². The molecule has 6 rings (SSSR count). The van der Waals surface area contributed by atoms with Crippen molar-refractivity contribution in [2.75, 3.05) is 46.6 Å². The van der Waals surface area contributed by atoms with Gasteiger partial charge in [-0.05, 0) is 78.7 Å². The summed E-state index contributed by atoms with van der Waals surface area (Å²) in [6.07, 6.45) is 1.83. The molecule has 0 atom stereocenters. The van der Waals surface area contributed by atoms with E-state index in [1.165, 1.54) is 24.3 Å². The van der Waals surface area contributed by atoms with E-state index in [9.17, 15) is 9.18 Å². The number of nitrogens with one attached hydrogen (secondary N) is 2. The fourth-order valence-electron chi connectivity index (χ4n) is 4.88. The molecule has 0 spiro atoms. The number of rotatable bonds is 7. The molecule has 41 heavy (non-hydrogen) atoms. The van der Waals surface area contributed by atoms with E-state index in [-0.39, 0.29) is 11.7 Å². The smallest absolute Gasteiger partial charge is 0.255 e. The van der Waals surface area contributed by atoms with Gasteiger partial charge in [0.1, 0.15) is 17.5 Å². The molecule has 0 bridgehead atoms. The zero-order valence-electron chi connectivity index (χ0n) is 22.7.